The van der Waals surface area contributed by atoms with Crippen molar-refractivity contribution in [2.45, 2.75) is 34.1 Å². The maximum atomic E-state index is 4.68. The first-order chi connectivity index (χ1) is 9.65. The van der Waals surface area contributed by atoms with Gasteiger partial charge in [0.2, 0.25) is 5.95 Å². The van der Waals surface area contributed by atoms with E-state index in [2.05, 4.69) is 58.1 Å². The molecule has 110 valence electrons. The van der Waals surface area contributed by atoms with Crippen LogP contribution in [0.1, 0.15) is 34.1 Å². The van der Waals surface area contributed by atoms with Crippen molar-refractivity contribution in [1.29, 1.82) is 0 Å². The molecule has 2 rings (SSSR count). The van der Waals surface area contributed by atoms with E-state index in [1.165, 1.54) is 0 Å². The highest BCUT2D eigenvalue weighted by Gasteiger charge is 2.15. The summed E-state index contributed by atoms with van der Waals surface area (Å²) in [5.74, 6) is 2.21. The van der Waals surface area contributed by atoms with Crippen LogP contribution in [-0.4, -0.2) is 39.8 Å². The molecular weight excluding hydrogens is 252 g/mol. The molecule has 0 saturated carbocycles. The van der Waals surface area contributed by atoms with Gasteiger partial charge in [-0.25, -0.2) is 0 Å². The molecule has 0 aliphatic carbocycles. The van der Waals surface area contributed by atoms with E-state index in [9.17, 15) is 0 Å². The molecule has 0 aliphatic rings. The monoisotopic (exact) mass is 276 g/mol. The molecule has 6 nitrogen and oxygen atoms in total. The minimum atomic E-state index is 0.582. The zero-order valence-corrected chi connectivity index (χ0v) is 12.8. The third-order valence-corrected chi connectivity index (χ3v) is 3.09. The van der Waals surface area contributed by atoms with Crippen LogP contribution < -0.4 is 10.2 Å². The van der Waals surface area contributed by atoms with E-state index < -0.39 is 0 Å². The Labute approximate surface area is 120 Å². The van der Waals surface area contributed by atoms with Crippen LogP contribution in [0.3, 0.4) is 0 Å². The van der Waals surface area contributed by atoms with Crippen molar-refractivity contribution in [3.05, 3.63) is 6.20 Å². The predicted octanol–water partition coefficient (Wildman–Crippen LogP) is 2.66. The number of nitrogens with zero attached hydrogens (tertiary/aromatic N) is 4. The summed E-state index contributed by atoms with van der Waals surface area (Å²) in [4.78, 5) is 11.4. The molecule has 2 aromatic heterocycles. The van der Waals surface area contributed by atoms with Crippen LogP contribution in [0.15, 0.2) is 6.20 Å². The highest BCUT2D eigenvalue weighted by Crippen LogP contribution is 2.24. The van der Waals surface area contributed by atoms with Gasteiger partial charge in [0.05, 0.1) is 11.6 Å². The molecule has 2 N–H and O–H groups in total. The van der Waals surface area contributed by atoms with Gasteiger partial charge >= 0.3 is 0 Å². The second-order valence-electron chi connectivity index (χ2n) is 5.36. The number of nitrogens with one attached hydrogen (secondary N) is 2. The normalized spacial score (nSPS) is 11.2. The first kappa shape index (κ1) is 14.6. The Hall–Kier alpha value is -1.85. The number of aromatic nitrogens is 4. The van der Waals surface area contributed by atoms with Gasteiger partial charge in [-0.2, -0.15) is 15.1 Å². The van der Waals surface area contributed by atoms with E-state index in [0.29, 0.717) is 11.9 Å². The summed E-state index contributed by atoms with van der Waals surface area (Å²) in [5.41, 5.74) is 0.788. The Morgan fingerprint density at radius 2 is 2.10 bits per heavy atom. The van der Waals surface area contributed by atoms with E-state index in [1.54, 1.807) is 6.20 Å². The Morgan fingerprint density at radius 1 is 1.30 bits per heavy atom. The fourth-order valence-corrected chi connectivity index (χ4v) is 2.18. The van der Waals surface area contributed by atoms with Crippen molar-refractivity contribution in [3.8, 4) is 0 Å². The standard InChI is InChI=1S/C14H24N6/c1-5-7-15-14-17-12-11(8-16-19-12)13(18-14)20(6-2)9-10(3)4/h8,10H,5-7,9H2,1-4H3,(H2,15,16,17,18,19). The number of H-pyrrole nitrogens is 1. The lowest BCUT2D eigenvalue weighted by Gasteiger charge is -2.24. The molecule has 6 heteroatoms. The second-order valence-corrected chi connectivity index (χ2v) is 5.36. The van der Waals surface area contributed by atoms with Gasteiger partial charge in [0, 0.05) is 19.6 Å². The maximum Gasteiger partial charge on any atom is 0.226 e. The number of aromatic amines is 1. The van der Waals surface area contributed by atoms with Crippen molar-refractivity contribution in [2.75, 3.05) is 29.9 Å². The lowest BCUT2D eigenvalue weighted by molar-refractivity contribution is 0.615. The minimum Gasteiger partial charge on any atom is -0.356 e. The second kappa shape index (κ2) is 6.54. The smallest absolute Gasteiger partial charge is 0.226 e. The summed E-state index contributed by atoms with van der Waals surface area (Å²) >= 11 is 0. The summed E-state index contributed by atoms with van der Waals surface area (Å²) in [6.45, 7) is 11.5. The molecule has 0 radical (unpaired) electrons. The van der Waals surface area contributed by atoms with Crippen molar-refractivity contribution in [1.82, 2.24) is 20.2 Å². The molecule has 2 aromatic rings. The summed E-state index contributed by atoms with van der Waals surface area (Å²) in [6.07, 6.45) is 2.85. The average Bonchev–Trinajstić information content (AvgIpc) is 2.89. The Balaban J connectivity index is 2.40. The number of hydrogen-bond acceptors (Lipinski definition) is 5. The maximum absolute atomic E-state index is 4.68. The zero-order valence-electron chi connectivity index (χ0n) is 12.8. The minimum absolute atomic E-state index is 0.582. The van der Waals surface area contributed by atoms with Gasteiger partial charge in [-0.15, -0.1) is 0 Å². The molecule has 0 spiro atoms. The first-order valence-electron chi connectivity index (χ1n) is 7.35. The molecule has 0 bridgehead atoms. The molecule has 0 amide bonds. The zero-order chi connectivity index (χ0) is 14.5. The summed E-state index contributed by atoms with van der Waals surface area (Å²) in [5, 5.41) is 11.3. The van der Waals surface area contributed by atoms with Crippen LogP contribution in [0.5, 0.6) is 0 Å². The summed E-state index contributed by atoms with van der Waals surface area (Å²) in [7, 11) is 0. The average molecular weight is 276 g/mol. The molecule has 0 aromatic carbocycles. The van der Waals surface area contributed by atoms with Crippen molar-refractivity contribution in [2.24, 2.45) is 5.92 Å². The number of fused-ring (bicyclic) bond motifs is 1. The van der Waals surface area contributed by atoms with Crippen LogP contribution in [0.4, 0.5) is 11.8 Å². The molecule has 20 heavy (non-hydrogen) atoms. The topological polar surface area (TPSA) is 69.7 Å². The Kier molecular flexibility index (Phi) is 4.76. The van der Waals surface area contributed by atoms with Crippen LogP contribution in [0, 0.1) is 5.92 Å². The van der Waals surface area contributed by atoms with Crippen molar-refractivity contribution >= 4 is 22.8 Å². The van der Waals surface area contributed by atoms with E-state index in [4.69, 9.17) is 0 Å². The SMILES string of the molecule is CCCNc1nc(N(CC)CC(C)C)c2cn[nH]c2n1. The quantitative estimate of drug-likeness (QED) is 0.813. The molecule has 2 heterocycles. The van der Waals surface area contributed by atoms with Gasteiger partial charge in [0.25, 0.3) is 0 Å². The molecule has 0 saturated heterocycles. The molecule has 0 atom stereocenters. The highest BCUT2D eigenvalue weighted by molar-refractivity contribution is 5.87. The number of hydrogen-bond donors (Lipinski definition) is 2. The van der Waals surface area contributed by atoms with Gasteiger partial charge in [-0.3, -0.25) is 5.10 Å². The lowest BCUT2D eigenvalue weighted by Crippen LogP contribution is -2.28. The van der Waals surface area contributed by atoms with Crippen molar-refractivity contribution < 1.29 is 0 Å². The van der Waals surface area contributed by atoms with E-state index >= 15 is 0 Å². The van der Waals surface area contributed by atoms with E-state index in [-0.39, 0.29) is 0 Å². The molecule has 0 fully saturated rings. The van der Waals surface area contributed by atoms with Crippen LogP contribution in [-0.2, 0) is 0 Å². The third kappa shape index (κ3) is 3.18. The van der Waals surface area contributed by atoms with Gasteiger partial charge in [-0.1, -0.05) is 20.8 Å². The van der Waals surface area contributed by atoms with E-state index in [1.807, 2.05) is 0 Å². The van der Waals surface area contributed by atoms with Crippen LogP contribution in [0.25, 0.3) is 11.0 Å². The highest BCUT2D eigenvalue weighted by atomic mass is 15.3. The van der Waals surface area contributed by atoms with E-state index in [0.717, 1.165) is 42.9 Å². The Bertz CT molecular complexity index is 548. The number of anilines is 2. The van der Waals surface area contributed by atoms with Crippen molar-refractivity contribution in [3.63, 3.8) is 0 Å². The van der Waals surface area contributed by atoms with Crippen LogP contribution in [0.2, 0.25) is 0 Å². The lowest BCUT2D eigenvalue weighted by atomic mass is 10.2. The van der Waals surface area contributed by atoms with Gasteiger partial charge in [0.15, 0.2) is 5.65 Å². The van der Waals surface area contributed by atoms with Gasteiger partial charge in [0.1, 0.15) is 5.82 Å². The fourth-order valence-electron chi connectivity index (χ4n) is 2.18. The fraction of sp³-hybridized carbons (Fsp3) is 0.643. The molecule has 0 unspecified atom stereocenters. The van der Waals surface area contributed by atoms with Gasteiger partial charge < -0.3 is 10.2 Å². The summed E-state index contributed by atoms with van der Waals surface area (Å²) < 4.78 is 0. The molecular formula is C14H24N6. The van der Waals surface area contributed by atoms with Gasteiger partial charge in [-0.05, 0) is 19.3 Å². The third-order valence-electron chi connectivity index (χ3n) is 3.09. The first-order valence-corrected chi connectivity index (χ1v) is 7.35. The van der Waals surface area contributed by atoms with Crippen LogP contribution >= 0.6 is 0 Å². The summed E-state index contributed by atoms with van der Waals surface area (Å²) in [6, 6.07) is 0. The molecule has 0 aliphatic heterocycles. The predicted molar refractivity (Wildman–Crippen MR) is 83.2 cm³/mol. The largest absolute Gasteiger partial charge is 0.356 e. The number of rotatable bonds is 7. The Morgan fingerprint density at radius 3 is 2.75 bits per heavy atom.